The molecule has 0 aromatic heterocycles. The Balaban J connectivity index is 1.67. The molecule has 0 saturated carbocycles. The van der Waals surface area contributed by atoms with Gasteiger partial charge in [0.25, 0.3) is 11.8 Å². The van der Waals surface area contributed by atoms with Crippen LogP contribution < -0.4 is 16.6 Å². The summed E-state index contributed by atoms with van der Waals surface area (Å²) < 4.78 is 0. The molecule has 3 rings (SSSR count). The molecule has 4 N–H and O–H groups in total. The molecule has 0 radical (unpaired) electrons. The highest BCUT2D eigenvalue weighted by molar-refractivity contribution is 5.98. The Morgan fingerprint density at radius 3 is 2.17 bits per heavy atom. The maximum absolute atomic E-state index is 12.3. The predicted octanol–water partition coefficient (Wildman–Crippen LogP) is 2.37. The van der Waals surface area contributed by atoms with Crippen molar-refractivity contribution in [1.29, 1.82) is 0 Å². The fourth-order valence-corrected chi connectivity index (χ4v) is 2.47. The average Bonchev–Trinajstić information content (AvgIpc) is 2.65. The fraction of sp³-hybridized carbons (Fsp3) is 0.0526. The number of nitrogen functional groups attached to an aromatic ring is 1. The van der Waals surface area contributed by atoms with E-state index < -0.39 is 0 Å². The van der Waals surface area contributed by atoms with Gasteiger partial charge in [-0.2, -0.15) is 0 Å². The van der Waals surface area contributed by atoms with E-state index in [1.54, 1.807) is 24.3 Å². The van der Waals surface area contributed by atoms with Gasteiger partial charge in [0, 0.05) is 17.7 Å². The molecular weight excluding hydrogens is 302 g/mol. The van der Waals surface area contributed by atoms with Gasteiger partial charge in [0.15, 0.2) is 0 Å². The first-order valence-electron chi connectivity index (χ1n) is 7.54. The van der Waals surface area contributed by atoms with Crippen molar-refractivity contribution in [1.82, 2.24) is 10.7 Å². The fourth-order valence-electron chi connectivity index (χ4n) is 2.47. The number of carbonyl (C=O) groups excluding carboxylic acids is 2. The molecule has 0 spiro atoms. The molecule has 5 nitrogen and oxygen atoms in total. The van der Waals surface area contributed by atoms with Gasteiger partial charge < -0.3 is 5.32 Å². The first-order chi connectivity index (χ1) is 11.7. The summed E-state index contributed by atoms with van der Waals surface area (Å²) in [7, 11) is 0. The lowest BCUT2D eigenvalue weighted by Gasteiger charge is -2.07. The van der Waals surface area contributed by atoms with Crippen molar-refractivity contribution in [2.45, 2.75) is 6.54 Å². The van der Waals surface area contributed by atoms with Crippen LogP contribution in [-0.2, 0) is 6.54 Å². The van der Waals surface area contributed by atoms with Gasteiger partial charge in [-0.15, -0.1) is 0 Å². The van der Waals surface area contributed by atoms with Crippen molar-refractivity contribution < 1.29 is 9.59 Å². The second kappa shape index (κ2) is 6.93. The molecule has 0 aliphatic rings. The van der Waals surface area contributed by atoms with E-state index in [9.17, 15) is 9.59 Å². The molecule has 0 aliphatic carbocycles. The number of hydrazine groups is 1. The molecule has 0 atom stereocenters. The molecule has 5 heteroatoms. The largest absolute Gasteiger partial charge is 0.348 e. The van der Waals surface area contributed by atoms with E-state index >= 15 is 0 Å². The van der Waals surface area contributed by atoms with Crippen molar-refractivity contribution in [2.75, 3.05) is 0 Å². The molecule has 0 fully saturated rings. The number of fused-ring (bicyclic) bond motifs is 1. The second-order valence-corrected chi connectivity index (χ2v) is 5.41. The molecule has 0 heterocycles. The van der Waals surface area contributed by atoms with Crippen LogP contribution in [0.5, 0.6) is 0 Å². The van der Waals surface area contributed by atoms with Crippen molar-refractivity contribution in [3.05, 3.63) is 83.4 Å². The van der Waals surface area contributed by atoms with Crippen molar-refractivity contribution in [3.63, 3.8) is 0 Å². The topological polar surface area (TPSA) is 84.2 Å². The molecule has 2 amide bonds. The minimum Gasteiger partial charge on any atom is -0.348 e. The van der Waals surface area contributed by atoms with E-state index in [0.29, 0.717) is 17.7 Å². The number of rotatable bonds is 4. The standard InChI is InChI=1S/C19H17N3O2/c20-22-19(24)15-7-5-13(6-8-15)12-21-18(23)17-10-9-14-3-1-2-4-16(14)11-17/h1-11H,12,20H2,(H,21,23)(H,22,24). The molecule has 3 aromatic rings. The lowest BCUT2D eigenvalue weighted by Crippen LogP contribution is -2.30. The van der Waals surface area contributed by atoms with Crippen LogP contribution in [0.3, 0.4) is 0 Å². The highest BCUT2D eigenvalue weighted by atomic mass is 16.2. The number of hydrogen-bond donors (Lipinski definition) is 3. The Hall–Kier alpha value is -3.18. The third-order valence-electron chi connectivity index (χ3n) is 3.81. The van der Waals surface area contributed by atoms with Gasteiger partial charge >= 0.3 is 0 Å². The van der Waals surface area contributed by atoms with E-state index in [1.807, 2.05) is 42.5 Å². The summed E-state index contributed by atoms with van der Waals surface area (Å²) in [5.41, 5.74) is 4.07. The van der Waals surface area contributed by atoms with E-state index in [4.69, 9.17) is 5.84 Å². The highest BCUT2D eigenvalue weighted by Gasteiger charge is 2.07. The predicted molar refractivity (Wildman–Crippen MR) is 93.2 cm³/mol. The minimum absolute atomic E-state index is 0.135. The summed E-state index contributed by atoms with van der Waals surface area (Å²) in [5.74, 6) is 4.61. The number of amides is 2. The van der Waals surface area contributed by atoms with Crippen LogP contribution in [0, 0.1) is 0 Å². The number of hydrogen-bond acceptors (Lipinski definition) is 3. The summed E-state index contributed by atoms with van der Waals surface area (Å²) >= 11 is 0. The summed E-state index contributed by atoms with van der Waals surface area (Å²) in [6, 6.07) is 20.4. The summed E-state index contributed by atoms with van der Waals surface area (Å²) in [6.07, 6.45) is 0. The van der Waals surface area contributed by atoms with Crippen molar-refractivity contribution in [2.24, 2.45) is 5.84 Å². The van der Waals surface area contributed by atoms with Crippen molar-refractivity contribution >= 4 is 22.6 Å². The summed E-state index contributed by atoms with van der Waals surface area (Å²) in [6.45, 7) is 0.385. The van der Waals surface area contributed by atoms with Gasteiger partial charge in [0.2, 0.25) is 0 Å². The van der Waals surface area contributed by atoms with E-state index in [0.717, 1.165) is 16.3 Å². The van der Waals surface area contributed by atoms with Crippen LogP contribution in [-0.4, -0.2) is 11.8 Å². The maximum Gasteiger partial charge on any atom is 0.265 e. The zero-order chi connectivity index (χ0) is 16.9. The Labute approximate surface area is 139 Å². The van der Waals surface area contributed by atoms with Gasteiger partial charge in [-0.1, -0.05) is 42.5 Å². The van der Waals surface area contributed by atoms with Gasteiger partial charge in [-0.3, -0.25) is 15.0 Å². The Morgan fingerprint density at radius 2 is 1.46 bits per heavy atom. The summed E-state index contributed by atoms with van der Waals surface area (Å²) in [5, 5.41) is 5.01. The lowest BCUT2D eigenvalue weighted by molar-refractivity contribution is 0.0943. The SMILES string of the molecule is NNC(=O)c1ccc(CNC(=O)c2ccc3ccccc3c2)cc1. The monoisotopic (exact) mass is 319 g/mol. The zero-order valence-electron chi connectivity index (χ0n) is 13.0. The molecule has 0 saturated heterocycles. The zero-order valence-corrected chi connectivity index (χ0v) is 13.0. The normalized spacial score (nSPS) is 10.4. The van der Waals surface area contributed by atoms with Crippen molar-refractivity contribution in [3.8, 4) is 0 Å². The first-order valence-corrected chi connectivity index (χ1v) is 7.54. The number of benzene rings is 3. The quantitative estimate of drug-likeness (QED) is 0.392. The summed E-state index contributed by atoms with van der Waals surface area (Å²) in [4.78, 5) is 23.7. The first kappa shape index (κ1) is 15.7. The third-order valence-corrected chi connectivity index (χ3v) is 3.81. The van der Waals surface area contributed by atoms with Crippen LogP contribution in [0.1, 0.15) is 26.3 Å². The molecule has 24 heavy (non-hydrogen) atoms. The minimum atomic E-state index is -0.346. The molecule has 3 aromatic carbocycles. The van der Waals surface area contributed by atoms with Gasteiger partial charge in [0.05, 0.1) is 0 Å². The van der Waals surface area contributed by atoms with Gasteiger partial charge in [-0.05, 0) is 40.6 Å². The van der Waals surface area contributed by atoms with E-state index in [-0.39, 0.29) is 11.8 Å². The molecule has 0 bridgehead atoms. The molecule has 120 valence electrons. The van der Waals surface area contributed by atoms with Gasteiger partial charge in [0.1, 0.15) is 0 Å². The maximum atomic E-state index is 12.3. The van der Waals surface area contributed by atoms with Crippen LogP contribution in [0.25, 0.3) is 10.8 Å². The van der Waals surface area contributed by atoms with Crippen LogP contribution in [0.4, 0.5) is 0 Å². The highest BCUT2D eigenvalue weighted by Crippen LogP contribution is 2.15. The van der Waals surface area contributed by atoms with Crippen LogP contribution in [0.15, 0.2) is 66.7 Å². The Bertz CT molecular complexity index is 889. The Morgan fingerprint density at radius 1 is 0.792 bits per heavy atom. The molecule has 0 aliphatic heterocycles. The second-order valence-electron chi connectivity index (χ2n) is 5.41. The molecule has 0 unspecified atom stereocenters. The van der Waals surface area contributed by atoms with Gasteiger partial charge in [-0.25, -0.2) is 5.84 Å². The average molecular weight is 319 g/mol. The van der Waals surface area contributed by atoms with Crippen LogP contribution in [0.2, 0.25) is 0 Å². The third kappa shape index (κ3) is 3.42. The number of nitrogens with one attached hydrogen (secondary N) is 2. The van der Waals surface area contributed by atoms with E-state index in [2.05, 4.69) is 10.7 Å². The van der Waals surface area contributed by atoms with Crippen LogP contribution >= 0.6 is 0 Å². The Kier molecular flexibility index (Phi) is 4.54. The van der Waals surface area contributed by atoms with E-state index in [1.165, 1.54) is 0 Å². The molecular formula is C19H17N3O2. The number of nitrogens with two attached hydrogens (primary N) is 1. The lowest BCUT2D eigenvalue weighted by atomic mass is 10.1. The number of carbonyl (C=O) groups is 2. The smallest absolute Gasteiger partial charge is 0.265 e.